The third-order valence-corrected chi connectivity index (χ3v) is 5.94. The van der Waals surface area contributed by atoms with Gasteiger partial charge >= 0.3 is 0 Å². The summed E-state index contributed by atoms with van der Waals surface area (Å²) in [6, 6.07) is 11.9. The number of oxazole rings is 1. The van der Waals surface area contributed by atoms with E-state index in [2.05, 4.69) is 31.9 Å². The number of nitrogens with zero attached hydrogens (tertiary/aromatic N) is 3. The Bertz CT molecular complexity index is 1210. The Labute approximate surface area is 166 Å². The molecular formula is C22H21FN4O2. The molecule has 6 nitrogen and oxygen atoms in total. The smallest absolute Gasteiger partial charge is 0.298 e. The number of nitrogens with one attached hydrogen (secondary N) is 1. The molecule has 0 saturated carbocycles. The van der Waals surface area contributed by atoms with E-state index in [-0.39, 0.29) is 5.82 Å². The molecule has 2 aliphatic heterocycles. The number of hydrogen-bond donors (Lipinski definition) is 1. The highest BCUT2D eigenvalue weighted by molar-refractivity contribution is 5.86. The van der Waals surface area contributed by atoms with Crippen LogP contribution in [0.15, 0.2) is 40.8 Å². The molecule has 1 fully saturated rings. The minimum Gasteiger partial charge on any atom is -0.423 e. The topological polar surface area (TPSA) is 57.5 Å². The summed E-state index contributed by atoms with van der Waals surface area (Å²) in [6.45, 7) is 4.70. The summed E-state index contributed by atoms with van der Waals surface area (Å²) in [4.78, 5) is 12.5. The maximum atomic E-state index is 13.6. The molecule has 4 heterocycles. The fourth-order valence-corrected chi connectivity index (χ4v) is 4.40. The van der Waals surface area contributed by atoms with Gasteiger partial charge in [0.25, 0.3) is 6.01 Å². The number of fused-ring (bicyclic) bond motifs is 4. The van der Waals surface area contributed by atoms with E-state index < -0.39 is 0 Å². The van der Waals surface area contributed by atoms with Crippen LogP contribution in [0.1, 0.15) is 11.3 Å². The summed E-state index contributed by atoms with van der Waals surface area (Å²) in [5, 5.41) is 1.10. The molecular weight excluding hydrogens is 371 g/mol. The van der Waals surface area contributed by atoms with E-state index in [1.54, 1.807) is 6.07 Å². The largest absolute Gasteiger partial charge is 0.423 e. The Kier molecular flexibility index (Phi) is 3.77. The highest BCUT2D eigenvalue weighted by atomic mass is 19.1. The summed E-state index contributed by atoms with van der Waals surface area (Å²) >= 11 is 0. The van der Waals surface area contributed by atoms with Crippen LogP contribution in [0.2, 0.25) is 0 Å². The number of benzene rings is 2. The number of halogens is 1. The summed E-state index contributed by atoms with van der Waals surface area (Å²) in [6.07, 6.45) is 0.902. The average molecular weight is 392 g/mol. The third-order valence-electron chi connectivity index (χ3n) is 5.94. The van der Waals surface area contributed by atoms with E-state index in [1.807, 2.05) is 12.1 Å². The van der Waals surface area contributed by atoms with Gasteiger partial charge in [0.2, 0.25) is 0 Å². The van der Waals surface area contributed by atoms with Gasteiger partial charge in [0, 0.05) is 66.5 Å². The van der Waals surface area contributed by atoms with Crippen molar-refractivity contribution >= 4 is 33.7 Å². The first kappa shape index (κ1) is 16.9. The van der Waals surface area contributed by atoms with Gasteiger partial charge < -0.3 is 23.9 Å². The first-order chi connectivity index (χ1) is 14.2. The molecule has 0 amide bonds. The van der Waals surface area contributed by atoms with E-state index in [1.165, 1.54) is 17.3 Å². The molecule has 7 heteroatoms. The van der Waals surface area contributed by atoms with Crippen molar-refractivity contribution in [3.05, 3.63) is 53.5 Å². The highest BCUT2D eigenvalue weighted by Crippen LogP contribution is 2.33. The fraction of sp³-hybridized carbons (Fsp3) is 0.318. The number of anilines is 2. The monoisotopic (exact) mass is 392 g/mol. The van der Waals surface area contributed by atoms with Gasteiger partial charge in [-0.3, -0.25) is 0 Å². The zero-order valence-corrected chi connectivity index (χ0v) is 15.9. The van der Waals surface area contributed by atoms with E-state index >= 15 is 0 Å². The number of morpholine rings is 1. The van der Waals surface area contributed by atoms with Crippen LogP contribution in [0.4, 0.5) is 16.1 Å². The Hall–Kier alpha value is -3.06. The Morgan fingerprint density at radius 2 is 1.90 bits per heavy atom. The number of rotatable bonds is 2. The lowest BCUT2D eigenvalue weighted by molar-refractivity contribution is 0.120. The van der Waals surface area contributed by atoms with Crippen molar-refractivity contribution in [2.24, 2.45) is 0 Å². The lowest BCUT2D eigenvalue weighted by Gasteiger charge is -2.29. The van der Waals surface area contributed by atoms with Crippen molar-refractivity contribution in [2.45, 2.75) is 13.0 Å². The number of hydrogen-bond acceptors (Lipinski definition) is 5. The number of H-pyrrole nitrogens is 1. The molecule has 2 aromatic heterocycles. The molecule has 0 radical (unpaired) electrons. The van der Waals surface area contributed by atoms with Gasteiger partial charge in [-0.1, -0.05) is 0 Å². The molecule has 0 atom stereocenters. The lowest BCUT2D eigenvalue weighted by Crippen LogP contribution is -2.36. The van der Waals surface area contributed by atoms with E-state index in [4.69, 9.17) is 9.15 Å². The molecule has 1 N–H and O–H groups in total. The van der Waals surface area contributed by atoms with Crippen molar-refractivity contribution < 1.29 is 13.5 Å². The van der Waals surface area contributed by atoms with E-state index in [9.17, 15) is 4.39 Å². The van der Waals surface area contributed by atoms with Gasteiger partial charge in [0.1, 0.15) is 11.3 Å². The number of aromatic nitrogens is 2. The van der Waals surface area contributed by atoms with Crippen molar-refractivity contribution in [1.82, 2.24) is 9.97 Å². The van der Waals surface area contributed by atoms with Crippen molar-refractivity contribution in [1.29, 1.82) is 0 Å². The minimum absolute atomic E-state index is 0.209. The first-order valence-electron chi connectivity index (χ1n) is 10.0. The van der Waals surface area contributed by atoms with E-state index in [0.717, 1.165) is 60.3 Å². The second-order valence-corrected chi connectivity index (χ2v) is 7.69. The highest BCUT2D eigenvalue weighted by Gasteiger charge is 2.22. The van der Waals surface area contributed by atoms with Crippen LogP contribution in [0.3, 0.4) is 0 Å². The molecule has 4 aromatic rings. The maximum Gasteiger partial charge on any atom is 0.298 e. The predicted molar refractivity (Wildman–Crippen MR) is 110 cm³/mol. The SMILES string of the molecule is Fc1ccc2c3c([nH]c2c1)CCN(c1ccc2nc(N4CCOCC4)oc2c1)C3. The van der Waals surface area contributed by atoms with Crippen LogP contribution in [0.5, 0.6) is 0 Å². The van der Waals surface area contributed by atoms with Crippen LogP contribution in [0.25, 0.3) is 22.0 Å². The van der Waals surface area contributed by atoms with Gasteiger partial charge in [0.05, 0.1) is 13.2 Å². The maximum absolute atomic E-state index is 13.6. The zero-order valence-electron chi connectivity index (χ0n) is 15.9. The second-order valence-electron chi connectivity index (χ2n) is 7.69. The van der Waals surface area contributed by atoms with Gasteiger partial charge in [0.15, 0.2) is 5.58 Å². The lowest BCUT2D eigenvalue weighted by atomic mass is 10.0. The Balaban J connectivity index is 1.32. The van der Waals surface area contributed by atoms with Gasteiger partial charge in [-0.05, 0) is 30.3 Å². The number of ether oxygens (including phenoxy) is 1. The minimum atomic E-state index is -0.209. The second kappa shape index (κ2) is 6.49. The summed E-state index contributed by atoms with van der Waals surface area (Å²) < 4.78 is 25.0. The zero-order chi connectivity index (χ0) is 19.4. The fourth-order valence-electron chi connectivity index (χ4n) is 4.40. The molecule has 0 unspecified atom stereocenters. The normalized spacial score (nSPS) is 17.3. The van der Waals surface area contributed by atoms with Crippen LogP contribution in [-0.4, -0.2) is 42.8 Å². The van der Waals surface area contributed by atoms with Crippen LogP contribution < -0.4 is 9.80 Å². The van der Waals surface area contributed by atoms with Crippen molar-refractivity contribution in [2.75, 3.05) is 42.6 Å². The molecule has 0 aliphatic carbocycles. The van der Waals surface area contributed by atoms with Crippen molar-refractivity contribution in [3.8, 4) is 0 Å². The van der Waals surface area contributed by atoms with Gasteiger partial charge in [-0.2, -0.15) is 4.98 Å². The molecule has 148 valence electrons. The van der Waals surface area contributed by atoms with Crippen LogP contribution in [-0.2, 0) is 17.7 Å². The molecule has 2 aliphatic rings. The van der Waals surface area contributed by atoms with Gasteiger partial charge in [-0.15, -0.1) is 0 Å². The van der Waals surface area contributed by atoms with E-state index in [0.29, 0.717) is 19.2 Å². The van der Waals surface area contributed by atoms with Crippen LogP contribution >= 0.6 is 0 Å². The Morgan fingerprint density at radius 1 is 1.00 bits per heavy atom. The molecule has 2 aromatic carbocycles. The molecule has 0 bridgehead atoms. The average Bonchev–Trinajstić information content (AvgIpc) is 3.34. The molecule has 29 heavy (non-hydrogen) atoms. The quantitative estimate of drug-likeness (QED) is 0.562. The predicted octanol–water partition coefficient (Wildman–Crippen LogP) is 3.85. The Morgan fingerprint density at radius 3 is 2.79 bits per heavy atom. The molecule has 6 rings (SSSR count). The van der Waals surface area contributed by atoms with Crippen LogP contribution in [0, 0.1) is 5.82 Å². The standard InChI is InChI=1S/C22H21FN4O2/c23-14-1-3-16-17-13-27(6-5-18(17)24-20(16)11-14)15-2-4-19-21(12-15)29-22(25-19)26-7-9-28-10-8-26/h1-4,11-12,24H,5-10,13H2. The number of aromatic amines is 1. The van der Waals surface area contributed by atoms with Crippen molar-refractivity contribution in [3.63, 3.8) is 0 Å². The summed E-state index contributed by atoms with van der Waals surface area (Å²) in [7, 11) is 0. The molecule has 1 saturated heterocycles. The molecule has 0 spiro atoms. The van der Waals surface area contributed by atoms with Gasteiger partial charge in [-0.25, -0.2) is 4.39 Å². The summed E-state index contributed by atoms with van der Waals surface area (Å²) in [5.74, 6) is -0.209. The third kappa shape index (κ3) is 2.84. The summed E-state index contributed by atoms with van der Waals surface area (Å²) in [5.41, 5.74) is 6.11. The first-order valence-corrected chi connectivity index (χ1v) is 10.0.